The van der Waals surface area contributed by atoms with E-state index < -0.39 is 70.1 Å². The van der Waals surface area contributed by atoms with Crippen molar-refractivity contribution >= 4 is 0 Å². The van der Waals surface area contributed by atoms with Gasteiger partial charge in [-0.3, -0.25) is 0 Å². The van der Waals surface area contributed by atoms with Crippen molar-refractivity contribution in [2.24, 2.45) is 0 Å². The van der Waals surface area contributed by atoms with Crippen LogP contribution in [0.15, 0.2) is 36.4 Å². The van der Waals surface area contributed by atoms with Gasteiger partial charge in [-0.05, 0) is 53.8 Å². The third kappa shape index (κ3) is 5.32. The van der Waals surface area contributed by atoms with Crippen LogP contribution in [0.4, 0.5) is 35.1 Å². The van der Waals surface area contributed by atoms with Crippen molar-refractivity contribution in [2.45, 2.75) is 39.2 Å². The number of aryl methyl sites for hydroxylation is 1. The van der Waals surface area contributed by atoms with Crippen LogP contribution in [0, 0.1) is 29.1 Å². The van der Waals surface area contributed by atoms with Crippen LogP contribution in [-0.2, 0) is 13.0 Å². The number of aliphatic hydroxyl groups excluding tert-OH is 1. The van der Waals surface area contributed by atoms with Crippen LogP contribution < -0.4 is 4.74 Å². The molecule has 0 unspecified atom stereocenters. The number of hydrogen-bond acceptors (Lipinski definition) is 2. The number of benzene rings is 3. The summed E-state index contributed by atoms with van der Waals surface area (Å²) in [5.74, 6) is -8.93. The van der Waals surface area contributed by atoms with Crippen LogP contribution in [0.5, 0.6) is 5.75 Å². The van der Waals surface area contributed by atoms with Gasteiger partial charge in [0.05, 0.1) is 6.61 Å². The summed E-state index contributed by atoms with van der Waals surface area (Å²) < 4.78 is 114. The molecule has 0 spiro atoms. The minimum Gasteiger partial charge on any atom is -0.399 e. The fourth-order valence-corrected chi connectivity index (χ4v) is 3.52. The Hall–Kier alpha value is -3.14. The molecule has 3 rings (SSSR count). The van der Waals surface area contributed by atoms with E-state index in [0.29, 0.717) is 30.2 Å². The second-order valence-electron chi connectivity index (χ2n) is 7.47. The van der Waals surface area contributed by atoms with E-state index in [9.17, 15) is 35.8 Å². The van der Waals surface area contributed by atoms with Gasteiger partial charge in [0.2, 0.25) is 5.75 Å². The van der Waals surface area contributed by atoms with Gasteiger partial charge < -0.3 is 9.84 Å². The molecule has 0 fully saturated rings. The van der Waals surface area contributed by atoms with Crippen molar-refractivity contribution in [1.29, 1.82) is 0 Å². The topological polar surface area (TPSA) is 29.5 Å². The number of ether oxygens (including phenoxy) is 1. The highest BCUT2D eigenvalue weighted by atomic mass is 19.4. The van der Waals surface area contributed by atoms with Crippen LogP contribution in [0.1, 0.15) is 30.9 Å². The molecule has 0 aliphatic carbocycles. The number of unbranched alkanes of at least 4 members (excludes halogenated alkanes) is 1. The summed E-state index contributed by atoms with van der Waals surface area (Å²) in [5, 5.41) is 9.36. The molecule has 0 radical (unpaired) electrons. The standard InChI is InChI=1S/C24H18F8O2/c1-2-3-4-12-5-6-14(17(25)7-12)21-15(10-18(26)16(11-33)22(21)29)13-8-19(27)23(20(28)9-13)34-24(30,31)32/h5-10,33H,2-4,11H2,1H3. The maximum atomic E-state index is 15.2. The Bertz CT molecular complexity index is 1180. The predicted molar refractivity (Wildman–Crippen MR) is 108 cm³/mol. The fourth-order valence-electron chi connectivity index (χ4n) is 3.52. The molecule has 34 heavy (non-hydrogen) atoms. The maximum absolute atomic E-state index is 15.2. The van der Waals surface area contributed by atoms with Crippen molar-refractivity contribution in [3.8, 4) is 28.0 Å². The van der Waals surface area contributed by atoms with E-state index >= 15 is 4.39 Å². The molecule has 182 valence electrons. The minimum atomic E-state index is -5.39. The molecule has 0 bridgehead atoms. The largest absolute Gasteiger partial charge is 0.573 e. The SMILES string of the molecule is CCCCc1ccc(-c2c(-c3cc(F)c(OC(F)(F)F)c(F)c3)cc(F)c(CO)c2F)c(F)c1. The Morgan fingerprint density at radius 2 is 1.47 bits per heavy atom. The zero-order chi connectivity index (χ0) is 25.2. The minimum absolute atomic E-state index is 0.383. The van der Waals surface area contributed by atoms with Crippen molar-refractivity contribution in [3.05, 3.63) is 76.6 Å². The van der Waals surface area contributed by atoms with Crippen LogP contribution in [0.25, 0.3) is 22.3 Å². The molecule has 2 nitrogen and oxygen atoms in total. The van der Waals surface area contributed by atoms with Crippen molar-refractivity contribution in [2.75, 3.05) is 0 Å². The summed E-state index contributed by atoms with van der Waals surface area (Å²) >= 11 is 0. The smallest absolute Gasteiger partial charge is 0.399 e. The zero-order valence-electron chi connectivity index (χ0n) is 17.7. The zero-order valence-corrected chi connectivity index (χ0v) is 17.7. The first-order chi connectivity index (χ1) is 16.0. The normalized spacial score (nSPS) is 11.7. The molecular weight excluding hydrogens is 472 g/mol. The van der Waals surface area contributed by atoms with E-state index in [1.807, 2.05) is 6.92 Å². The number of rotatable bonds is 7. The lowest BCUT2D eigenvalue weighted by Gasteiger charge is -2.17. The summed E-state index contributed by atoms with van der Waals surface area (Å²) in [6.07, 6.45) is -3.26. The number of aliphatic hydroxyl groups is 1. The Kier molecular flexibility index (Phi) is 7.50. The van der Waals surface area contributed by atoms with Gasteiger partial charge in [0.25, 0.3) is 0 Å². The molecule has 0 heterocycles. The lowest BCUT2D eigenvalue weighted by Crippen LogP contribution is -2.19. The molecule has 10 heteroatoms. The van der Waals surface area contributed by atoms with Gasteiger partial charge in [-0.15, -0.1) is 13.2 Å². The van der Waals surface area contributed by atoms with Crippen LogP contribution in [0.3, 0.4) is 0 Å². The maximum Gasteiger partial charge on any atom is 0.573 e. The first-order valence-electron chi connectivity index (χ1n) is 10.1. The monoisotopic (exact) mass is 490 g/mol. The van der Waals surface area contributed by atoms with Crippen molar-refractivity contribution < 1.29 is 45.0 Å². The second-order valence-corrected chi connectivity index (χ2v) is 7.47. The molecule has 0 aliphatic heterocycles. The molecule has 0 amide bonds. The van der Waals surface area contributed by atoms with E-state index in [1.165, 1.54) is 12.1 Å². The first-order valence-corrected chi connectivity index (χ1v) is 10.1. The summed E-state index contributed by atoms with van der Waals surface area (Å²) in [5.41, 5.74) is -2.33. The van der Waals surface area contributed by atoms with Crippen LogP contribution >= 0.6 is 0 Å². The summed E-state index contributed by atoms with van der Waals surface area (Å²) in [6.45, 7) is 0.840. The third-order valence-electron chi connectivity index (χ3n) is 5.12. The highest BCUT2D eigenvalue weighted by Gasteiger charge is 2.34. The van der Waals surface area contributed by atoms with E-state index in [-0.39, 0.29) is 5.56 Å². The second kappa shape index (κ2) is 10.0. The Balaban J connectivity index is 2.24. The Labute approximate surface area is 189 Å². The Morgan fingerprint density at radius 1 is 0.824 bits per heavy atom. The highest BCUT2D eigenvalue weighted by Crippen LogP contribution is 2.41. The molecule has 1 N–H and O–H groups in total. The van der Waals surface area contributed by atoms with Gasteiger partial charge in [-0.1, -0.05) is 25.5 Å². The van der Waals surface area contributed by atoms with Crippen LogP contribution in [0.2, 0.25) is 0 Å². The van der Waals surface area contributed by atoms with E-state index in [4.69, 9.17) is 0 Å². The van der Waals surface area contributed by atoms with Crippen molar-refractivity contribution in [1.82, 2.24) is 0 Å². The van der Waals surface area contributed by atoms with Gasteiger partial charge in [0.1, 0.15) is 17.5 Å². The van der Waals surface area contributed by atoms with E-state index in [2.05, 4.69) is 4.74 Å². The number of halogens is 8. The molecule has 0 atom stereocenters. The Morgan fingerprint density at radius 3 is 2.00 bits per heavy atom. The van der Waals surface area contributed by atoms with Gasteiger partial charge in [-0.25, -0.2) is 22.0 Å². The summed E-state index contributed by atoms with van der Waals surface area (Å²) in [6, 6.07) is 5.22. The molecule has 0 saturated carbocycles. The van der Waals surface area contributed by atoms with Crippen LogP contribution in [-0.4, -0.2) is 11.5 Å². The number of hydrogen-bond donors (Lipinski definition) is 1. The molecule has 0 aliphatic rings. The summed E-state index contributed by atoms with van der Waals surface area (Å²) in [7, 11) is 0. The average Bonchev–Trinajstić information content (AvgIpc) is 2.74. The molecular formula is C24H18F8O2. The predicted octanol–water partition coefficient (Wildman–Crippen LogP) is 7.45. The fraction of sp³-hybridized carbons (Fsp3) is 0.250. The quantitative estimate of drug-likeness (QED) is 0.349. The molecule has 3 aromatic rings. The average molecular weight is 490 g/mol. The van der Waals surface area contributed by atoms with E-state index in [1.54, 1.807) is 0 Å². The molecule has 3 aromatic carbocycles. The van der Waals surface area contributed by atoms with E-state index in [0.717, 1.165) is 18.9 Å². The molecule has 0 aromatic heterocycles. The lowest BCUT2D eigenvalue weighted by atomic mass is 9.90. The van der Waals surface area contributed by atoms with Gasteiger partial charge >= 0.3 is 6.36 Å². The van der Waals surface area contributed by atoms with Gasteiger partial charge in [-0.2, -0.15) is 0 Å². The molecule has 0 saturated heterocycles. The van der Waals surface area contributed by atoms with Crippen molar-refractivity contribution in [3.63, 3.8) is 0 Å². The van der Waals surface area contributed by atoms with Gasteiger partial charge in [0, 0.05) is 16.7 Å². The summed E-state index contributed by atoms with van der Waals surface area (Å²) in [4.78, 5) is 0. The third-order valence-corrected chi connectivity index (χ3v) is 5.12. The number of alkyl halides is 3. The highest BCUT2D eigenvalue weighted by molar-refractivity contribution is 5.85. The first kappa shape index (κ1) is 25.5. The van der Waals surface area contributed by atoms with Gasteiger partial charge in [0.15, 0.2) is 11.6 Å². The lowest BCUT2D eigenvalue weighted by molar-refractivity contribution is -0.276.